The molecule has 1 saturated heterocycles. The predicted octanol–water partition coefficient (Wildman–Crippen LogP) is 3.23. The SMILES string of the molecule is CCc1nc([C@H]2CCCO2)c(C(=O)NC2[C@@H]3CC4C[C@H]2CC(O)(C4)C3)s1. The number of thiazole rings is 1. The molecule has 5 fully saturated rings. The highest BCUT2D eigenvalue weighted by Crippen LogP contribution is 2.55. The second-order valence-corrected chi connectivity index (χ2v) is 9.95. The number of nitrogens with zero attached hydrogens (tertiary/aromatic N) is 1. The highest BCUT2D eigenvalue weighted by Gasteiger charge is 2.55. The predicted molar refractivity (Wildman–Crippen MR) is 99.2 cm³/mol. The Bertz CT molecular complexity index is 696. The number of ether oxygens (including phenoxy) is 1. The Morgan fingerprint density at radius 2 is 2.12 bits per heavy atom. The number of hydrogen-bond donors (Lipinski definition) is 2. The first-order valence-electron chi connectivity index (χ1n) is 10.2. The minimum Gasteiger partial charge on any atom is -0.390 e. The van der Waals surface area contributed by atoms with Crippen LogP contribution in [0.25, 0.3) is 0 Å². The molecule has 26 heavy (non-hydrogen) atoms. The molecule has 1 amide bonds. The molecule has 4 bridgehead atoms. The summed E-state index contributed by atoms with van der Waals surface area (Å²) < 4.78 is 5.82. The van der Waals surface area contributed by atoms with Crippen molar-refractivity contribution in [3.63, 3.8) is 0 Å². The highest BCUT2D eigenvalue weighted by molar-refractivity contribution is 7.13. The smallest absolute Gasteiger partial charge is 0.263 e. The van der Waals surface area contributed by atoms with Gasteiger partial charge >= 0.3 is 0 Å². The van der Waals surface area contributed by atoms with Crippen molar-refractivity contribution in [3.8, 4) is 0 Å². The van der Waals surface area contributed by atoms with Crippen molar-refractivity contribution in [3.05, 3.63) is 15.6 Å². The van der Waals surface area contributed by atoms with E-state index >= 15 is 0 Å². The minimum atomic E-state index is -0.458. The van der Waals surface area contributed by atoms with Crippen LogP contribution in [0, 0.1) is 17.8 Å². The van der Waals surface area contributed by atoms with Gasteiger partial charge in [-0.15, -0.1) is 11.3 Å². The van der Waals surface area contributed by atoms with E-state index in [0.29, 0.717) is 17.8 Å². The Morgan fingerprint density at radius 1 is 1.35 bits per heavy atom. The number of carbonyl (C=O) groups excluding carboxylic acids is 1. The molecule has 4 saturated carbocycles. The maximum Gasteiger partial charge on any atom is 0.263 e. The zero-order chi connectivity index (χ0) is 17.9. The fourth-order valence-corrected chi connectivity index (χ4v) is 7.09. The number of carbonyl (C=O) groups is 1. The van der Waals surface area contributed by atoms with Gasteiger partial charge in [0.2, 0.25) is 0 Å². The maximum atomic E-state index is 13.2. The molecular formula is C20H28N2O3S. The van der Waals surface area contributed by atoms with E-state index in [1.807, 2.05) is 0 Å². The molecular weight excluding hydrogens is 348 g/mol. The normalized spacial score (nSPS) is 40.9. The van der Waals surface area contributed by atoms with Crippen LogP contribution in [0.4, 0.5) is 0 Å². The van der Waals surface area contributed by atoms with Gasteiger partial charge in [0.1, 0.15) is 11.0 Å². The number of amides is 1. The van der Waals surface area contributed by atoms with Gasteiger partial charge in [0, 0.05) is 12.6 Å². The number of aryl methyl sites for hydroxylation is 1. The Kier molecular flexibility index (Phi) is 4.14. The van der Waals surface area contributed by atoms with Crippen LogP contribution in [-0.2, 0) is 11.2 Å². The van der Waals surface area contributed by atoms with E-state index in [1.165, 1.54) is 11.3 Å². The van der Waals surface area contributed by atoms with E-state index in [0.717, 1.165) is 73.6 Å². The van der Waals surface area contributed by atoms with Crippen molar-refractivity contribution >= 4 is 17.2 Å². The van der Waals surface area contributed by atoms with Gasteiger partial charge in [0.25, 0.3) is 5.91 Å². The monoisotopic (exact) mass is 376 g/mol. The molecule has 142 valence electrons. The summed E-state index contributed by atoms with van der Waals surface area (Å²) in [5.74, 6) is 1.54. The van der Waals surface area contributed by atoms with Gasteiger partial charge in [-0.2, -0.15) is 0 Å². The molecule has 3 unspecified atom stereocenters. The third-order valence-corrected chi connectivity index (χ3v) is 8.19. The highest BCUT2D eigenvalue weighted by atomic mass is 32.1. The summed E-state index contributed by atoms with van der Waals surface area (Å²) in [7, 11) is 0. The van der Waals surface area contributed by atoms with E-state index in [-0.39, 0.29) is 18.1 Å². The van der Waals surface area contributed by atoms with Gasteiger partial charge in [-0.1, -0.05) is 6.92 Å². The molecule has 6 heteroatoms. The average molecular weight is 377 g/mol. The summed E-state index contributed by atoms with van der Waals surface area (Å²) in [6.45, 7) is 2.84. The number of aromatic nitrogens is 1. The van der Waals surface area contributed by atoms with E-state index in [1.54, 1.807) is 0 Å². The molecule has 1 aliphatic heterocycles. The molecule has 0 spiro atoms. The standard InChI is InChI=1S/C20H28N2O3S/c1-2-15-21-17(14-4-3-5-25-14)18(26-15)19(23)22-16-12-6-11-7-13(16)10-20(24,8-11)9-12/h11-14,16,24H,2-10H2,1H3,(H,22,23)/t11?,12-,13+,14-,16?,20?/m1/s1. The van der Waals surface area contributed by atoms with Crippen LogP contribution in [0.15, 0.2) is 0 Å². The van der Waals surface area contributed by atoms with Crippen LogP contribution in [0.1, 0.15) is 78.3 Å². The van der Waals surface area contributed by atoms with Crippen LogP contribution in [0.2, 0.25) is 0 Å². The summed E-state index contributed by atoms with van der Waals surface area (Å²) in [5.41, 5.74) is 0.393. The topological polar surface area (TPSA) is 71.5 Å². The van der Waals surface area contributed by atoms with Gasteiger partial charge in [-0.05, 0) is 69.1 Å². The molecule has 2 heterocycles. The quantitative estimate of drug-likeness (QED) is 0.846. The fourth-order valence-electron chi connectivity index (χ4n) is 6.14. The Labute approximate surface area is 158 Å². The zero-order valence-electron chi connectivity index (χ0n) is 15.4. The molecule has 0 radical (unpaired) electrons. The summed E-state index contributed by atoms with van der Waals surface area (Å²) >= 11 is 1.53. The van der Waals surface area contributed by atoms with Crippen molar-refractivity contribution < 1.29 is 14.6 Å². The van der Waals surface area contributed by atoms with Crippen LogP contribution >= 0.6 is 11.3 Å². The zero-order valence-corrected chi connectivity index (χ0v) is 16.2. The second kappa shape index (κ2) is 6.28. The van der Waals surface area contributed by atoms with Gasteiger partial charge in [0.15, 0.2) is 0 Å². The van der Waals surface area contributed by atoms with Crippen molar-refractivity contribution in [2.45, 2.75) is 76.0 Å². The Balaban J connectivity index is 1.37. The molecule has 5 aliphatic rings. The van der Waals surface area contributed by atoms with E-state index in [2.05, 4.69) is 12.2 Å². The van der Waals surface area contributed by atoms with Crippen LogP contribution < -0.4 is 5.32 Å². The van der Waals surface area contributed by atoms with Crippen molar-refractivity contribution in [2.24, 2.45) is 17.8 Å². The fraction of sp³-hybridized carbons (Fsp3) is 0.800. The summed E-state index contributed by atoms with van der Waals surface area (Å²) in [5, 5.41) is 15.1. The summed E-state index contributed by atoms with van der Waals surface area (Å²) in [6, 6.07) is 0.212. The lowest BCUT2D eigenvalue weighted by Crippen LogP contribution is -2.61. The van der Waals surface area contributed by atoms with Crippen LogP contribution in [0.3, 0.4) is 0 Å². The van der Waals surface area contributed by atoms with Crippen molar-refractivity contribution in [1.82, 2.24) is 10.3 Å². The van der Waals surface area contributed by atoms with Gasteiger partial charge < -0.3 is 15.2 Å². The number of nitrogens with one attached hydrogen (secondary N) is 1. The number of hydrogen-bond acceptors (Lipinski definition) is 5. The van der Waals surface area contributed by atoms with Crippen LogP contribution in [-0.4, -0.2) is 34.2 Å². The first kappa shape index (κ1) is 17.1. The third-order valence-electron chi connectivity index (χ3n) is 6.98. The molecule has 6 rings (SSSR count). The van der Waals surface area contributed by atoms with E-state index in [9.17, 15) is 9.90 Å². The number of aliphatic hydroxyl groups is 1. The maximum absolute atomic E-state index is 13.2. The molecule has 0 aromatic carbocycles. The third kappa shape index (κ3) is 2.81. The molecule has 4 aliphatic carbocycles. The van der Waals surface area contributed by atoms with Gasteiger partial charge in [-0.3, -0.25) is 4.79 Å². The Hall–Kier alpha value is -0.980. The molecule has 2 N–H and O–H groups in total. The molecule has 6 atom stereocenters. The van der Waals surface area contributed by atoms with E-state index in [4.69, 9.17) is 9.72 Å². The lowest BCUT2D eigenvalue weighted by Gasteiger charge is -2.58. The molecule has 5 nitrogen and oxygen atoms in total. The second-order valence-electron chi connectivity index (χ2n) is 8.87. The molecule has 1 aromatic rings. The summed E-state index contributed by atoms with van der Waals surface area (Å²) in [4.78, 5) is 18.6. The van der Waals surface area contributed by atoms with Crippen molar-refractivity contribution in [1.29, 1.82) is 0 Å². The van der Waals surface area contributed by atoms with Gasteiger partial charge in [-0.25, -0.2) is 4.98 Å². The molecule has 1 aromatic heterocycles. The largest absolute Gasteiger partial charge is 0.390 e. The lowest BCUT2D eigenvalue weighted by atomic mass is 9.52. The van der Waals surface area contributed by atoms with E-state index < -0.39 is 5.60 Å². The Morgan fingerprint density at radius 3 is 2.73 bits per heavy atom. The minimum absolute atomic E-state index is 0.0217. The average Bonchev–Trinajstić information content (AvgIpc) is 3.25. The first-order chi connectivity index (χ1) is 12.5. The van der Waals surface area contributed by atoms with Gasteiger partial charge in [0.05, 0.1) is 16.3 Å². The van der Waals surface area contributed by atoms with Crippen molar-refractivity contribution in [2.75, 3.05) is 6.61 Å². The summed E-state index contributed by atoms with van der Waals surface area (Å²) in [6.07, 6.45) is 7.81. The first-order valence-corrected chi connectivity index (χ1v) is 11.0. The van der Waals surface area contributed by atoms with Crippen LogP contribution in [0.5, 0.6) is 0 Å². The number of rotatable bonds is 4. The lowest BCUT2D eigenvalue weighted by molar-refractivity contribution is -0.136.